The molecule has 0 atom stereocenters. The van der Waals surface area contributed by atoms with Gasteiger partial charge in [0, 0.05) is 18.9 Å². The number of halogens is 1. The lowest BCUT2D eigenvalue weighted by atomic mass is 10.2. The number of aryl methyl sites for hydroxylation is 1. The van der Waals surface area contributed by atoms with Crippen LogP contribution in [0.15, 0.2) is 24.7 Å². The third kappa shape index (κ3) is 3.71. The van der Waals surface area contributed by atoms with Crippen LogP contribution in [0.2, 0.25) is 0 Å². The number of carbonyl (C=O) groups excluding carboxylic acids is 1. The highest BCUT2D eigenvalue weighted by Crippen LogP contribution is 2.14. The molecule has 0 aromatic carbocycles. The molecule has 0 aliphatic rings. The van der Waals surface area contributed by atoms with Crippen molar-refractivity contribution in [1.29, 1.82) is 0 Å². The van der Waals surface area contributed by atoms with E-state index in [1.807, 2.05) is 13.8 Å². The molecule has 2 N–H and O–H groups in total. The summed E-state index contributed by atoms with van der Waals surface area (Å²) in [5.74, 6) is -1.11. The quantitative estimate of drug-likeness (QED) is 0.875. The maximum Gasteiger partial charge on any atom is 0.254 e. The highest BCUT2D eigenvalue weighted by atomic mass is 19.1. The number of nitrogens with zero attached hydrogens (tertiary/aromatic N) is 3. The monoisotopic (exact) mass is 289 g/mol. The number of anilines is 1. The van der Waals surface area contributed by atoms with Crippen molar-refractivity contribution in [2.75, 3.05) is 11.9 Å². The van der Waals surface area contributed by atoms with Gasteiger partial charge in [-0.15, -0.1) is 0 Å². The Morgan fingerprint density at radius 3 is 2.76 bits per heavy atom. The van der Waals surface area contributed by atoms with Crippen LogP contribution in [0.1, 0.15) is 28.7 Å². The Morgan fingerprint density at radius 1 is 1.29 bits per heavy atom. The van der Waals surface area contributed by atoms with Gasteiger partial charge in [0.2, 0.25) is 0 Å². The molecule has 0 bridgehead atoms. The number of hydrogen-bond acceptors (Lipinski definition) is 5. The summed E-state index contributed by atoms with van der Waals surface area (Å²) in [7, 11) is 0. The summed E-state index contributed by atoms with van der Waals surface area (Å²) >= 11 is 0. The van der Waals surface area contributed by atoms with E-state index in [1.54, 1.807) is 12.4 Å². The molecule has 2 aromatic heterocycles. The molecule has 110 valence electrons. The lowest BCUT2D eigenvalue weighted by Crippen LogP contribution is -2.25. The van der Waals surface area contributed by atoms with Crippen molar-refractivity contribution in [2.45, 2.75) is 20.4 Å². The highest BCUT2D eigenvalue weighted by Gasteiger charge is 2.15. The third-order valence-electron chi connectivity index (χ3n) is 2.74. The lowest BCUT2D eigenvalue weighted by Gasteiger charge is -2.09. The van der Waals surface area contributed by atoms with Gasteiger partial charge in [0.1, 0.15) is 0 Å². The van der Waals surface area contributed by atoms with Gasteiger partial charge in [-0.3, -0.25) is 14.8 Å². The van der Waals surface area contributed by atoms with Crippen molar-refractivity contribution in [3.8, 4) is 0 Å². The van der Waals surface area contributed by atoms with Gasteiger partial charge in [-0.1, -0.05) is 0 Å². The average molecular weight is 289 g/mol. The minimum absolute atomic E-state index is 0.0546. The van der Waals surface area contributed by atoms with Gasteiger partial charge >= 0.3 is 0 Å². The first kappa shape index (κ1) is 14.8. The molecule has 7 heteroatoms. The molecule has 6 nitrogen and oxygen atoms in total. The first-order valence-corrected chi connectivity index (χ1v) is 6.56. The van der Waals surface area contributed by atoms with E-state index in [1.165, 1.54) is 12.3 Å². The Balaban J connectivity index is 2.06. The summed E-state index contributed by atoms with van der Waals surface area (Å²) < 4.78 is 14.1. The number of hydrogen-bond donors (Lipinski definition) is 2. The molecule has 1 amide bonds. The van der Waals surface area contributed by atoms with Gasteiger partial charge < -0.3 is 10.6 Å². The van der Waals surface area contributed by atoms with Gasteiger partial charge in [0.15, 0.2) is 11.6 Å². The molecule has 0 saturated carbocycles. The van der Waals surface area contributed by atoms with E-state index in [0.29, 0.717) is 12.2 Å². The number of amides is 1. The largest absolute Gasteiger partial charge is 0.368 e. The Labute approximate surface area is 121 Å². The Kier molecular flexibility index (Phi) is 4.76. The zero-order valence-electron chi connectivity index (χ0n) is 11.9. The summed E-state index contributed by atoms with van der Waals surface area (Å²) in [6, 6.07) is 1.34. The predicted octanol–water partition coefficient (Wildman–Crippen LogP) is 1.68. The van der Waals surface area contributed by atoms with E-state index in [9.17, 15) is 9.18 Å². The summed E-state index contributed by atoms with van der Waals surface area (Å²) in [5.41, 5.74) is 1.34. The third-order valence-corrected chi connectivity index (χ3v) is 2.74. The molecular weight excluding hydrogens is 273 g/mol. The van der Waals surface area contributed by atoms with Gasteiger partial charge in [-0.2, -0.15) is 0 Å². The predicted molar refractivity (Wildman–Crippen MR) is 76.3 cm³/mol. The maximum absolute atomic E-state index is 14.1. The molecule has 2 aromatic rings. The normalized spacial score (nSPS) is 10.2. The van der Waals surface area contributed by atoms with Crippen LogP contribution in [0.4, 0.5) is 10.2 Å². The van der Waals surface area contributed by atoms with E-state index < -0.39 is 11.7 Å². The van der Waals surface area contributed by atoms with E-state index in [0.717, 1.165) is 5.69 Å². The van der Waals surface area contributed by atoms with Crippen LogP contribution in [0.3, 0.4) is 0 Å². The highest BCUT2D eigenvalue weighted by molar-refractivity contribution is 5.95. The number of nitrogens with one attached hydrogen (secondary N) is 2. The van der Waals surface area contributed by atoms with Crippen LogP contribution in [0, 0.1) is 12.7 Å². The summed E-state index contributed by atoms with van der Waals surface area (Å²) in [6.45, 7) is 4.35. The van der Waals surface area contributed by atoms with Crippen molar-refractivity contribution < 1.29 is 9.18 Å². The molecule has 0 radical (unpaired) electrons. The van der Waals surface area contributed by atoms with Gasteiger partial charge in [-0.05, 0) is 19.9 Å². The minimum Gasteiger partial charge on any atom is -0.368 e. The van der Waals surface area contributed by atoms with Crippen LogP contribution in [0.5, 0.6) is 0 Å². The van der Waals surface area contributed by atoms with E-state index in [2.05, 4.69) is 25.6 Å². The van der Waals surface area contributed by atoms with Crippen LogP contribution in [0.25, 0.3) is 0 Å². The van der Waals surface area contributed by atoms with Gasteiger partial charge in [0.25, 0.3) is 5.91 Å². The fraction of sp³-hybridized carbons (Fsp3) is 0.286. The zero-order valence-corrected chi connectivity index (χ0v) is 11.9. The smallest absolute Gasteiger partial charge is 0.254 e. The Hall–Kier alpha value is -2.57. The lowest BCUT2D eigenvalue weighted by molar-refractivity contribution is 0.0946. The molecule has 2 rings (SSSR count). The summed E-state index contributed by atoms with van der Waals surface area (Å²) in [5, 5.41) is 5.37. The van der Waals surface area contributed by atoms with E-state index >= 15 is 0 Å². The minimum atomic E-state index is -0.660. The summed E-state index contributed by atoms with van der Waals surface area (Å²) in [4.78, 5) is 24.1. The SMILES string of the molecule is CCNc1nccc(C(=O)NCc2cnc(C)cn2)c1F. The van der Waals surface area contributed by atoms with Gasteiger partial charge in [0.05, 0.1) is 29.7 Å². The number of aromatic nitrogens is 3. The number of carbonyl (C=O) groups is 1. The summed E-state index contributed by atoms with van der Waals surface area (Å²) in [6.07, 6.45) is 4.57. The first-order valence-electron chi connectivity index (χ1n) is 6.56. The molecule has 0 aliphatic carbocycles. The average Bonchev–Trinajstić information content (AvgIpc) is 2.49. The van der Waals surface area contributed by atoms with Crippen LogP contribution in [-0.4, -0.2) is 27.4 Å². The number of rotatable bonds is 5. The molecular formula is C14H16FN5O. The fourth-order valence-corrected chi connectivity index (χ4v) is 1.69. The first-order chi connectivity index (χ1) is 10.1. The standard InChI is InChI=1S/C14H16FN5O/c1-3-16-13-12(15)11(4-5-17-13)14(21)20-8-10-7-18-9(2)6-19-10/h4-7H,3,8H2,1-2H3,(H,16,17)(H,20,21). The Morgan fingerprint density at radius 2 is 2.10 bits per heavy atom. The second-order valence-corrected chi connectivity index (χ2v) is 4.38. The Bertz CT molecular complexity index is 630. The van der Waals surface area contributed by atoms with Crippen molar-refractivity contribution in [3.63, 3.8) is 0 Å². The molecule has 21 heavy (non-hydrogen) atoms. The molecule has 0 aliphatic heterocycles. The van der Waals surface area contributed by atoms with Crippen molar-refractivity contribution in [2.24, 2.45) is 0 Å². The molecule has 2 heterocycles. The topological polar surface area (TPSA) is 79.8 Å². The van der Waals surface area contributed by atoms with Crippen LogP contribution >= 0.6 is 0 Å². The van der Waals surface area contributed by atoms with E-state index in [-0.39, 0.29) is 17.9 Å². The van der Waals surface area contributed by atoms with Crippen LogP contribution < -0.4 is 10.6 Å². The zero-order chi connectivity index (χ0) is 15.2. The molecule has 0 unspecified atom stereocenters. The van der Waals surface area contributed by atoms with Crippen molar-refractivity contribution >= 4 is 11.7 Å². The fourth-order valence-electron chi connectivity index (χ4n) is 1.69. The second kappa shape index (κ2) is 6.74. The van der Waals surface area contributed by atoms with Gasteiger partial charge in [-0.25, -0.2) is 9.37 Å². The molecule has 0 saturated heterocycles. The molecule has 0 fully saturated rings. The van der Waals surface area contributed by atoms with Crippen molar-refractivity contribution in [3.05, 3.63) is 47.4 Å². The number of pyridine rings is 1. The molecule has 0 spiro atoms. The van der Waals surface area contributed by atoms with E-state index in [4.69, 9.17) is 0 Å². The van der Waals surface area contributed by atoms with Crippen LogP contribution in [-0.2, 0) is 6.54 Å². The second-order valence-electron chi connectivity index (χ2n) is 4.38. The van der Waals surface area contributed by atoms with Crippen molar-refractivity contribution in [1.82, 2.24) is 20.3 Å². The maximum atomic E-state index is 14.1.